The lowest BCUT2D eigenvalue weighted by atomic mass is 9.86. The molecule has 170 valence electrons. The first-order valence-electron chi connectivity index (χ1n) is 11.7. The fourth-order valence-corrected chi connectivity index (χ4v) is 4.72. The molecule has 5 heteroatoms. The first-order chi connectivity index (χ1) is 15.4. The molecule has 3 aliphatic heterocycles. The summed E-state index contributed by atoms with van der Waals surface area (Å²) in [4.78, 5) is 15.0. The second-order valence-electron chi connectivity index (χ2n) is 9.49. The molecule has 5 rings (SSSR count). The van der Waals surface area contributed by atoms with Crippen molar-refractivity contribution in [1.29, 1.82) is 0 Å². The van der Waals surface area contributed by atoms with E-state index in [-0.39, 0.29) is 12.2 Å². The van der Waals surface area contributed by atoms with E-state index in [2.05, 4.69) is 76.2 Å². The number of nitrogens with one attached hydrogen (secondary N) is 2. The second-order valence-corrected chi connectivity index (χ2v) is 9.49. The number of fused-ring (bicyclic) bond motifs is 3. The van der Waals surface area contributed by atoms with E-state index in [0.29, 0.717) is 5.92 Å². The average molecular weight is 434 g/mol. The lowest BCUT2D eigenvalue weighted by molar-refractivity contribution is -0.0349. The molecule has 0 saturated carbocycles. The first kappa shape index (κ1) is 22.6. The Hall–Kier alpha value is -2.63. The van der Waals surface area contributed by atoms with E-state index in [0.717, 1.165) is 50.1 Å². The summed E-state index contributed by atoms with van der Waals surface area (Å²) in [5.41, 5.74) is 4.07. The van der Waals surface area contributed by atoms with E-state index in [4.69, 9.17) is 4.74 Å². The van der Waals surface area contributed by atoms with E-state index in [1.54, 1.807) is 0 Å². The number of benzene rings is 2. The van der Waals surface area contributed by atoms with Crippen LogP contribution in [0.3, 0.4) is 0 Å². The van der Waals surface area contributed by atoms with Gasteiger partial charge in [-0.3, -0.25) is 4.90 Å². The molecule has 2 aromatic carbocycles. The molecule has 0 spiro atoms. The van der Waals surface area contributed by atoms with Crippen molar-refractivity contribution in [2.24, 2.45) is 5.92 Å². The molecule has 3 fully saturated rings. The molecule has 2 aromatic rings. The van der Waals surface area contributed by atoms with Crippen LogP contribution in [0, 0.1) is 5.92 Å². The van der Waals surface area contributed by atoms with Crippen LogP contribution in [-0.2, 0) is 10.3 Å². The zero-order valence-corrected chi connectivity index (χ0v) is 19.4. The molecular formula is C27H35N3O2. The lowest BCUT2D eigenvalue weighted by Gasteiger charge is -2.44. The Morgan fingerprint density at radius 1 is 1.06 bits per heavy atom. The van der Waals surface area contributed by atoms with Crippen LogP contribution in [0.4, 0.5) is 4.79 Å². The molecule has 3 saturated heterocycles. The van der Waals surface area contributed by atoms with Gasteiger partial charge in [-0.2, -0.15) is 0 Å². The number of nitrogens with zero attached hydrogens (tertiary/aromatic N) is 1. The van der Waals surface area contributed by atoms with Gasteiger partial charge in [0.2, 0.25) is 0 Å². The van der Waals surface area contributed by atoms with Crippen LogP contribution < -0.4 is 10.6 Å². The van der Waals surface area contributed by atoms with E-state index < -0.39 is 5.54 Å². The number of hydrogen-bond donors (Lipinski definition) is 2. The zero-order valence-electron chi connectivity index (χ0n) is 19.4. The van der Waals surface area contributed by atoms with E-state index in [1.165, 1.54) is 11.1 Å². The minimum atomic E-state index is -0.508. The topological polar surface area (TPSA) is 53.6 Å². The summed E-state index contributed by atoms with van der Waals surface area (Å²) in [6.07, 6.45) is 6.20. The molecule has 5 nitrogen and oxygen atoms in total. The number of rotatable bonds is 7. The highest BCUT2D eigenvalue weighted by molar-refractivity contribution is 5.69. The Morgan fingerprint density at radius 2 is 1.69 bits per heavy atom. The first-order valence-corrected chi connectivity index (χ1v) is 11.7. The Labute approximate surface area is 191 Å². The number of amides is 1. The fraction of sp³-hybridized carbons (Fsp3) is 0.444. The van der Waals surface area contributed by atoms with Crippen molar-refractivity contribution < 1.29 is 9.53 Å². The summed E-state index contributed by atoms with van der Waals surface area (Å²) in [5.74, 6) is 0.512. The molecule has 3 heterocycles. The van der Waals surface area contributed by atoms with Crippen LogP contribution in [-0.4, -0.2) is 50.3 Å². The van der Waals surface area contributed by atoms with Gasteiger partial charge in [0.25, 0.3) is 0 Å². The van der Waals surface area contributed by atoms with Crippen LogP contribution in [0.2, 0.25) is 0 Å². The summed E-state index contributed by atoms with van der Waals surface area (Å²) in [6.45, 7) is 8.05. The highest BCUT2D eigenvalue weighted by Gasteiger charge is 2.37. The van der Waals surface area contributed by atoms with Crippen LogP contribution in [0.25, 0.3) is 17.2 Å². The standard InChI is InChI=1S/C27H35N3O2/c1-27(2,29-26(31)32-25-19-30-17-14-23(25)15-18-30)24-12-10-22(11-13-24)21-8-6-20(7-9-21)5-4-16-28-3/h4-13,23,25,28H,14-19H2,1-3H3,(H,29,31)/b5-4+. The molecule has 0 aliphatic carbocycles. The average Bonchev–Trinajstić information content (AvgIpc) is 2.80. The van der Waals surface area contributed by atoms with Gasteiger partial charge in [-0.15, -0.1) is 0 Å². The lowest BCUT2D eigenvalue weighted by Crippen LogP contribution is -2.53. The number of carbonyl (C=O) groups excluding carboxylic acids is 1. The van der Waals surface area contributed by atoms with Crippen molar-refractivity contribution in [3.05, 3.63) is 65.7 Å². The van der Waals surface area contributed by atoms with Gasteiger partial charge in [0.05, 0.1) is 5.54 Å². The van der Waals surface area contributed by atoms with E-state index >= 15 is 0 Å². The Balaban J connectivity index is 1.36. The molecular weight excluding hydrogens is 398 g/mol. The molecule has 1 amide bonds. The number of alkyl carbamates (subject to hydrolysis) is 1. The van der Waals surface area contributed by atoms with Crippen LogP contribution in [0.1, 0.15) is 37.8 Å². The highest BCUT2D eigenvalue weighted by atomic mass is 16.6. The third kappa shape index (κ3) is 5.40. The Morgan fingerprint density at radius 3 is 2.25 bits per heavy atom. The maximum absolute atomic E-state index is 12.6. The van der Waals surface area contributed by atoms with Crippen molar-refractivity contribution in [3.63, 3.8) is 0 Å². The number of piperidine rings is 3. The van der Waals surface area contributed by atoms with Gasteiger partial charge in [-0.1, -0.05) is 60.7 Å². The molecule has 3 aliphatic rings. The summed E-state index contributed by atoms with van der Waals surface area (Å²) < 4.78 is 5.82. The predicted molar refractivity (Wildman–Crippen MR) is 130 cm³/mol. The van der Waals surface area contributed by atoms with Gasteiger partial charge in [-0.25, -0.2) is 4.79 Å². The normalized spacial score (nSPS) is 22.8. The summed E-state index contributed by atoms with van der Waals surface area (Å²) in [6, 6.07) is 16.9. The van der Waals surface area contributed by atoms with Crippen LogP contribution in [0.5, 0.6) is 0 Å². The largest absolute Gasteiger partial charge is 0.445 e. The molecule has 1 atom stereocenters. The minimum Gasteiger partial charge on any atom is -0.445 e. The summed E-state index contributed by atoms with van der Waals surface area (Å²) >= 11 is 0. The van der Waals surface area contributed by atoms with E-state index in [9.17, 15) is 4.79 Å². The second kappa shape index (κ2) is 9.88. The molecule has 0 radical (unpaired) electrons. The van der Waals surface area contributed by atoms with Crippen LogP contribution >= 0.6 is 0 Å². The van der Waals surface area contributed by atoms with Crippen molar-refractivity contribution in [2.75, 3.05) is 33.2 Å². The van der Waals surface area contributed by atoms with Crippen molar-refractivity contribution in [2.45, 2.75) is 38.3 Å². The molecule has 2 N–H and O–H groups in total. The van der Waals surface area contributed by atoms with Crippen molar-refractivity contribution in [3.8, 4) is 11.1 Å². The Kier molecular flexibility index (Phi) is 6.97. The SMILES string of the molecule is CNC/C=C/c1ccc(-c2ccc(C(C)(C)NC(=O)OC3CN4CCC3CC4)cc2)cc1. The van der Waals surface area contributed by atoms with Gasteiger partial charge in [-0.05, 0) is 75.0 Å². The maximum atomic E-state index is 12.6. The number of hydrogen-bond acceptors (Lipinski definition) is 4. The van der Waals surface area contributed by atoms with Crippen molar-refractivity contribution >= 4 is 12.2 Å². The van der Waals surface area contributed by atoms with Gasteiger partial charge in [0.1, 0.15) is 6.10 Å². The quantitative estimate of drug-likeness (QED) is 0.668. The smallest absolute Gasteiger partial charge is 0.408 e. The number of likely N-dealkylation sites (N-methyl/N-ethyl adjacent to an activating group) is 1. The van der Waals surface area contributed by atoms with Crippen molar-refractivity contribution in [1.82, 2.24) is 15.5 Å². The molecule has 2 bridgehead atoms. The molecule has 0 aromatic heterocycles. The van der Waals surface area contributed by atoms with Gasteiger partial charge >= 0.3 is 6.09 Å². The third-order valence-corrected chi connectivity index (χ3v) is 6.75. The summed E-state index contributed by atoms with van der Waals surface area (Å²) in [7, 11) is 1.94. The van der Waals surface area contributed by atoms with Crippen LogP contribution in [0.15, 0.2) is 54.6 Å². The maximum Gasteiger partial charge on any atom is 0.408 e. The third-order valence-electron chi connectivity index (χ3n) is 6.75. The Bertz CT molecular complexity index is 926. The highest BCUT2D eigenvalue weighted by Crippen LogP contribution is 2.30. The van der Waals surface area contributed by atoms with Gasteiger partial charge in [0, 0.05) is 13.1 Å². The zero-order chi connectivity index (χ0) is 22.6. The number of carbonyl (C=O) groups is 1. The predicted octanol–water partition coefficient (Wildman–Crippen LogP) is 4.64. The van der Waals surface area contributed by atoms with E-state index in [1.807, 2.05) is 20.9 Å². The van der Waals surface area contributed by atoms with Gasteiger partial charge in [0.15, 0.2) is 0 Å². The fourth-order valence-electron chi connectivity index (χ4n) is 4.72. The molecule has 1 unspecified atom stereocenters. The monoisotopic (exact) mass is 433 g/mol. The number of ether oxygens (including phenoxy) is 1. The minimum absolute atomic E-state index is 0.0201. The molecule has 32 heavy (non-hydrogen) atoms. The van der Waals surface area contributed by atoms with Gasteiger partial charge < -0.3 is 15.4 Å². The summed E-state index contributed by atoms with van der Waals surface area (Å²) in [5, 5.41) is 6.19.